The molecule has 0 spiro atoms. The van der Waals surface area contributed by atoms with Crippen LogP contribution in [0.25, 0.3) is 0 Å². The summed E-state index contributed by atoms with van der Waals surface area (Å²) in [6.07, 6.45) is 12.5. The zero-order valence-corrected chi connectivity index (χ0v) is 82.6. The van der Waals surface area contributed by atoms with Crippen molar-refractivity contribution in [2.24, 2.45) is 75.8 Å². The molecule has 0 atom stereocenters. The van der Waals surface area contributed by atoms with Gasteiger partial charge in [-0.25, -0.2) is 16.8 Å². The van der Waals surface area contributed by atoms with Crippen LogP contribution in [0.1, 0.15) is 142 Å². The number of guanidine groups is 6. The molecule has 0 unspecified atom stereocenters. The van der Waals surface area contributed by atoms with Gasteiger partial charge in [-0.05, 0) is 269 Å². The first-order chi connectivity index (χ1) is 64.7. The first-order valence-electron chi connectivity index (χ1n) is 43.3. The molecule has 0 aliphatic carbocycles. The number of amides is 7. The van der Waals surface area contributed by atoms with Crippen molar-refractivity contribution in [3.63, 3.8) is 0 Å². The number of unbranched alkanes of at least 4 members (excludes halogenated alkanes) is 7. The number of carbonyl (C=O) groups is 8. The number of carbonyl (C=O) groups excluding carboxylic acids is 7. The number of halogens is 3. The third kappa shape index (κ3) is 61.2. The largest absolute Gasteiger partial charge is 0.481 e. The number of anilines is 4. The average Bonchev–Trinajstić information content (AvgIpc) is 0.804. The van der Waals surface area contributed by atoms with Gasteiger partial charge in [-0.3, -0.25) is 72.9 Å². The van der Waals surface area contributed by atoms with Crippen LogP contribution in [-0.4, -0.2) is 206 Å². The normalized spacial score (nSPS) is 10.9. The second-order valence-corrected chi connectivity index (χ2v) is 39.2. The fraction of sp³-hybridized carbons (Fsp3) is 0.425. The van der Waals surface area contributed by atoms with Crippen LogP contribution in [0.3, 0.4) is 0 Å². The van der Waals surface area contributed by atoms with Gasteiger partial charge in [0.25, 0.3) is 0 Å². The quantitative estimate of drug-likeness (QED) is 0.00568. The third-order valence-corrected chi connectivity index (χ3v) is 21.3. The van der Waals surface area contributed by atoms with Crippen LogP contribution in [0.2, 0.25) is 0 Å². The van der Waals surface area contributed by atoms with Gasteiger partial charge in [-0.15, -0.1) is 0 Å². The second kappa shape index (κ2) is 71.7. The SMILES string of the molecule is CC(=O)NCCCCC(=O)Nc1ccc(Oc2ccc(S(=O)(=O)c3ccc(Oc4ccc(NC(=O)CCCCN=C(N)N)cc4)cc3)cc2)cc1.CN=C(NC)NCCCCC(=O)NCNC(=O)CCCCNC(=NC)NC.CN=C(NC)NCCCCC(=O)O.NC(N)=NCCCCC(=O)Nc1ccc(S(=O)(=O)c2ccc(NC(=O)CCCCN=C(N)N)cc2)cc1.NCN.O=P(Cl)(Cl)Cl. The van der Waals surface area contributed by atoms with Crippen molar-refractivity contribution in [2.75, 3.05) is 123 Å². The molecule has 6 aromatic carbocycles. The summed E-state index contributed by atoms with van der Waals surface area (Å²) in [6.45, 7) is 6.07. The van der Waals surface area contributed by atoms with Crippen LogP contribution in [0.4, 0.5) is 22.7 Å². The Morgan fingerprint density at radius 1 is 0.346 bits per heavy atom. The predicted octanol–water partition coefficient (Wildman–Crippen LogP) is 7.83. The lowest BCUT2D eigenvalue weighted by molar-refractivity contribution is -0.137. The van der Waals surface area contributed by atoms with Crippen molar-refractivity contribution in [2.45, 2.75) is 161 Å². The first-order valence-corrected chi connectivity index (χ1v) is 50.7. The molecule has 30 N–H and O–H groups in total. The Morgan fingerprint density at radius 2 is 0.559 bits per heavy atom. The van der Waals surface area contributed by atoms with Gasteiger partial charge in [0.2, 0.25) is 61.0 Å². The molecule has 0 fully saturated rings. The molecule has 49 heteroatoms. The predicted molar refractivity (Wildman–Crippen MR) is 540 cm³/mol. The maximum atomic E-state index is 13.3. The molecule has 6 aromatic rings. The molecule has 0 radical (unpaired) electrons. The third-order valence-electron chi connectivity index (χ3n) is 17.7. The number of nitrogens with zero attached hydrogens (tertiary/aromatic N) is 6. The van der Waals surface area contributed by atoms with Gasteiger partial charge in [0.1, 0.15) is 23.0 Å². The molecule has 0 aliphatic rings. The molecule has 0 aromatic heterocycles. The van der Waals surface area contributed by atoms with E-state index in [4.69, 9.17) is 49.0 Å². The van der Waals surface area contributed by atoms with Crippen LogP contribution in [0, 0.1) is 0 Å². The molecule has 7 amide bonds. The number of rotatable bonds is 49. The number of hydrogen-bond acceptors (Lipinski definition) is 23. The number of hydrogen-bond donors (Lipinski definition) is 22. The second-order valence-electron chi connectivity index (χ2n) is 28.7. The molecule has 0 aliphatic heterocycles. The number of carboxylic acids is 1. The summed E-state index contributed by atoms with van der Waals surface area (Å²) >= 11 is 13.8. The summed E-state index contributed by atoms with van der Waals surface area (Å²) in [6, 6.07) is 37.7. The standard InChI is InChI=1S/C37H42N6O7S.C24H34N8O4S.C17H36N8O2.C8H17N3O2.CH6N2.Cl3OP/c1-26(44)40-24-4-2-6-35(45)42-27-8-12-29(13-9-27)49-31-16-20-33(21-17-31)51(47,48)34-22-18-32(19-23-34)50-30-14-10-28(11-15-30)43-36(46)7-3-5-25-41-37(38)39;25-23(26)29-15-3-1-5-21(33)31-17-7-11-19(12-8-17)37(35,36)20-13-9-18(10-14-20)32-22(34)6-2-4-16-30-24(27)28;1-18-16(19-2)22-11-7-5-9-14(26)24-13-25-15(27)10-6-8-12-23-17(20-3)21-4;1-9-8(10-2)11-6-4-3-5-7(12)13;2-1-3;1-5(2,3)4/h8-23H,2-7,24-25H2,1H3,(H,40,44)(H,42,45)(H,43,46)(H4,38,39,41);7-14H,1-6,15-16H2,(H,31,33)(H,32,34)(H4,25,26,29)(H4,27,28,30);5-13H2,1-4H3,(H,24,26)(H,25,27)(H2,18,19,22)(H2,20,21,23);3-6H2,1-2H3,(H,12,13)(H2,9,10,11);1-3H2;. The molecule has 0 heterocycles. The first kappa shape index (κ1) is 121. The van der Waals surface area contributed by atoms with E-state index < -0.39 is 30.8 Å². The molecule has 0 saturated carbocycles. The van der Waals surface area contributed by atoms with Gasteiger partial charge in [0, 0.05) is 169 Å². The highest BCUT2D eigenvalue weighted by atomic mass is 36.0. The summed E-state index contributed by atoms with van der Waals surface area (Å²) in [7, 11) is 2.91. The molecular formula is C87H135Cl3N27O16PS2. The van der Waals surface area contributed by atoms with Crippen LogP contribution < -0.4 is 124 Å². The van der Waals surface area contributed by atoms with Crippen LogP contribution in [0.15, 0.2) is 195 Å². The van der Waals surface area contributed by atoms with Gasteiger partial charge in [0.05, 0.1) is 26.3 Å². The zero-order valence-electron chi connectivity index (χ0n) is 77.8. The Bertz CT molecular complexity index is 4880. The van der Waals surface area contributed by atoms with Crippen molar-refractivity contribution in [1.82, 2.24) is 47.9 Å². The van der Waals surface area contributed by atoms with Crippen molar-refractivity contribution >= 4 is 164 Å². The summed E-state index contributed by atoms with van der Waals surface area (Å²) < 4.78 is 73.8. The van der Waals surface area contributed by atoms with Crippen molar-refractivity contribution in [1.29, 1.82) is 0 Å². The number of carboxylic acid groups (broad SMARTS) is 1. The molecule has 0 saturated heterocycles. The Hall–Kier alpha value is -12.8. The zero-order chi connectivity index (χ0) is 102. The molecule has 6 rings (SSSR count). The van der Waals surface area contributed by atoms with E-state index in [1.165, 1.54) is 79.7 Å². The molecule has 752 valence electrons. The highest BCUT2D eigenvalue weighted by Crippen LogP contribution is 2.61. The number of ether oxygens (including phenoxy) is 2. The van der Waals surface area contributed by atoms with E-state index in [9.17, 15) is 59.8 Å². The van der Waals surface area contributed by atoms with E-state index in [1.807, 2.05) is 0 Å². The number of sulfone groups is 2. The number of benzene rings is 6. The summed E-state index contributed by atoms with van der Waals surface area (Å²) in [5, 5.41) is 42.4. The van der Waals surface area contributed by atoms with E-state index in [2.05, 4.69) is 144 Å². The average molecular weight is 2020 g/mol. The topological polar surface area (TPSA) is 699 Å². The van der Waals surface area contributed by atoms with Gasteiger partial charge in [0.15, 0.2) is 35.8 Å². The summed E-state index contributed by atoms with van der Waals surface area (Å²) in [5.74, 6) is 2.63. The molecule has 43 nitrogen and oxygen atoms in total. The molecule has 136 heavy (non-hydrogen) atoms. The van der Waals surface area contributed by atoms with E-state index in [0.717, 1.165) is 69.6 Å². The minimum Gasteiger partial charge on any atom is -0.481 e. The number of nitrogens with one attached hydrogen (secondary N) is 13. The van der Waals surface area contributed by atoms with Gasteiger partial charge < -0.3 is 130 Å². The number of aliphatic carboxylic acids is 1. The highest BCUT2D eigenvalue weighted by molar-refractivity contribution is 8.24. The Morgan fingerprint density at radius 3 is 0.787 bits per heavy atom. The molecular weight excluding hydrogens is 1880 g/mol. The Kier molecular flexibility index (Phi) is 63.9. The summed E-state index contributed by atoms with van der Waals surface area (Å²) in [5.41, 5.74) is 43.1. The lowest BCUT2D eigenvalue weighted by Crippen LogP contribution is -2.37. The van der Waals surface area contributed by atoms with Crippen molar-refractivity contribution < 1.29 is 74.3 Å². The monoisotopic (exact) mass is 2010 g/mol. The van der Waals surface area contributed by atoms with Gasteiger partial charge in [-0.2, -0.15) is 0 Å². The Balaban J connectivity index is 0.000000953. The minimum atomic E-state index is -3.81. The van der Waals surface area contributed by atoms with Crippen LogP contribution in [-0.2, 0) is 62.6 Å². The van der Waals surface area contributed by atoms with Crippen molar-refractivity contribution in [3.8, 4) is 23.0 Å². The van der Waals surface area contributed by atoms with E-state index in [0.29, 0.717) is 168 Å². The lowest BCUT2D eigenvalue weighted by Gasteiger charge is -2.10. The highest BCUT2D eigenvalue weighted by Gasteiger charge is 2.21. The fourth-order valence-corrected chi connectivity index (χ4v) is 13.6. The van der Waals surface area contributed by atoms with E-state index >= 15 is 0 Å². The maximum Gasteiger partial charge on any atom is 0.339 e. The van der Waals surface area contributed by atoms with Crippen molar-refractivity contribution in [3.05, 3.63) is 146 Å². The minimum absolute atomic E-state index is 0.0191. The summed E-state index contributed by atoms with van der Waals surface area (Å²) in [4.78, 5) is 117. The van der Waals surface area contributed by atoms with E-state index in [-0.39, 0.29) is 98.6 Å². The molecule has 0 bridgehead atoms. The lowest BCUT2D eigenvalue weighted by atomic mass is 10.2. The smallest absolute Gasteiger partial charge is 0.339 e. The van der Waals surface area contributed by atoms with Gasteiger partial charge in [-0.1, -0.05) is 0 Å². The van der Waals surface area contributed by atoms with Gasteiger partial charge >= 0.3 is 11.2 Å². The number of aliphatic imine (C=N–C) groups is 6. The van der Waals surface area contributed by atoms with Crippen LogP contribution >= 0.6 is 38.9 Å². The maximum absolute atomic E-state index is 13.3. The fourth-order valence-electron chi connectivity index (χ4n) is 11.0. The van der Waals surface area contributed by atoms with E-state index in [1.54, 1.807) is 115 Å². The van der Waals surface area contributed by atoms with Crippen LogP contribution in [0.5, 0.6) is 23.0 Å². The Labute approximate surface area is 810 Å². The number of nitrogens with two attached hydrogens (primary N) is 8.